The Morgan fingerprint density at radius 1 is 0.941 bits per heavy atom. The minimum Gasteiger partial charge on any atom is -0.364 e. The van der Waals surface area contributed by atoms with Gasteiger partial charge in [0.05, 0.1) is 5.52 Å². The lowest BCUT2D eigenvalue weighted by Crippen LogP contribution is -1.99. The average Bonchev–Trinajstić information content (AvgIpc) is 2.81. The van der Waals surface area contributed by atoms with Gasteiger partial charge in [-0.25, -0.2) is 0 Å². The quantitative estimate of drug-likeness (QED) is 0.716. The summed E-state index contributed by atoms with van der Waals surface area (Å²) in [6.07, 6.45) is 0. The van der Waals surface area contributed by atoms with Gasteiger partial charge in [-0.1, -0.05) is 42.5 Å². The maximum absolute atomic E-state index is 4.27. The Bertz CT molecular complexity index is 613. The highest BCUT2D eigenvalue weighted by Gasteiger charge is 2.03. The minimum atomic E-state index is 0.787. The number of hydrogen-bond acceptors (Lipinski definition) is 2. The van der Waals surface area contributed by atoms with Crippen LogP contribution in [0.2, 0.25) is 0 Å². The van der Waals surface area contributed by atoms with E-state index in [2.05, 4.69) is 33.7 Å². The molecule has 17 heavy (non-hydrogen) atoms. The van der Waals surface area contributed by atoms with Crippen molar-refractivity contribution in [2.45, 2.75) is 6.54 Å². The average molecular weight is 223 g/mol. The highest BCUT2D eigenvalue weighted by Crippen LogP contribution is 2.19. The van der Waals surface area contributed by atoms with Gasteiger partial charge in [-0.05, 0) is 17.7 Å². The molecule has 0 saturated carbocycles. The molecule has 84 valence electrons. The molecular formula is C14H13N3. The van der Waals surface area contributed by atoms with E-state index in [0.29, 0.717) is 0 Å². The molecule has 1 heterocycles. The first-order valence-electron chi connectivity index (χ1n) is 5.64. The molecule has 0 saturated heterocycles. The lowest BCUT2D eigenvalue weighted by atomic mass is 10.2. The Hall–Kier alpha value is -2.29. The Labute approximate surface area is 99.5 Å². The number of aromatic nitrogens is 2. The summed E-state index contributed by atoms with van der Waals surface area (Å²) in [6.45, 7) is 0.787. The summed E-state index contributed by atoms with van der Waals surface area (Å²) in [5.74, 6) is 0.907. The lowest BCUT2D eigenvalue weighted by molar-refractivity contribution is 1.06. The fraction of sp³-hybridized carbons (Fsp3) is 0.0714. The largest absolute Gasteiger partial charge is 0.364 e. The summed E-state index contributed by atoms with van der Waals surface area (Å²) in [4.78, 5) is 0. The Balaban J connectivity index is 1.82. The molecule has 0 bridgehead atoms. The molecule has 1 aromatic heterocycles. The molecule has 0 atom stereocenters. The van der Waals surface area contributed by atoms with E-state index in [9.17, 15) is 0 Å². The van der Waals surface area contributed by atoms with E-state index in [4.69, 9.17) is 0 Å². The standard InChI is InChI=1S/C14H13N3/c1-2-6-11(7-3-1)10-15-14-12-8-4-5-9-13(12)16-17-14/h1-9H,10H2,(H2,15,16,17). The topological polar surface area (TPSA) is 40.7 Å². The monoisotopic (exact) mass is 223 g/mol. The van der Waals surface area contributed by atoms with Crippen LogP contribution in [0.5, 0.6) is 0 Å². The molecule has 0 fully saturated rings. The minimum absolute atomic E-state index is 0.787. The van der Waals surface area contributed by atoms with Crippen LogP contribution < -0.4 is 5.32 Å². The molecule has 0 unspecified atom stereocenters. The molecule has 3 nitrogen and oxygen atoms in total. The second-order valence-corrected chi connectivity index (χ2v) is 3.96. The van der Waals surface area contributed by atoms with Crippen molar-refractivity contribution in [1.82, 2.24) is 10.2 Å². The van der Waals surface area contributed by atoms with Crippen molar-refractivity contribution in [3.63, 3.8) is 0 Å². The molecule has 2 aromatic carbocycles. The van der Waals surface area contributed by atoms with Crippen LogP contribution in [0.1, 0.15) is 5.56 Å². The number of rotatable bonds is 3. The van der Waals surface area contributed by atoms with Crippen LogP contribution in [0.3, 0.4) is 0 Å². The van der Waals surface area contributed by atoms with Crippen LogP contribution in [-0.4, -0.2) is 10.2 Å². The molecule has 3 rings (SSSR count). The van der Waals surface area contributed by atoms with Crippen LogP contribution in [0, 0.1) is 0 Å². The van der Waals surface area contributed by atoms with Crippen molar-refractivity contribution in [1.29, 1.82) is 0 Å². The molecule has 3 aromatic rings. The molecule has 2 N–H and O–H groups in total. The van der Waals surface area contributed by atoms with Gasteiger partial charge in [-0.3, -0.25) is 5.10 Å². The van der Waals surface area contributed by atoms with Crippen LogP contribution in [0.4, 0.5) is 5.82 Å². The normalized spacial score (nSPS) is 10.6. The van der Waals surface area contributed by atoms with E-state index in [1.165, 1.54) is 5.56 Å². The fourth-order valence-corrected chi connectivity index (χ4v) is 1.88. The van der Waals surface area contributed by atoms with E-state index < -0.39 is 0 Å². The number of hydrogen-bond donors (Lipinski definition) is 2. The summed E-state index contributed by atoms with van der Waals surface area (Å²) >= 11 is 0. The van der Waals surface area contributed by atoms with Gasteiger partial charge in [0.15, 0.2) is 5.82 Å². The van der Waals surface area contributed by atoms with Crippen LogP contribution >= 0.6 is 0 Å². The van der Waals surface area contributed by atoms with Gasteiger partial charge in [0.25, 0.3) is 0 Å². The number of nitrogens with zero attached hydrogens (tertiary/aromatic N) is 1. The van der Waals surface area contributed by atoms with Gasteiger partial charge < -0.3 is 5.32 Å². The zero-order chi connectivity index (χ0) is 11.5. The summed E-state index contributed by atoms with van der Waals surface area (Å²) in [5, 5.41) is 11.8. The van der Waals surface area contributed by atoms with Gasteiger partial charge in [-0.2, -0.15) is 5.10 Å². The van der Waals surface area contributed by atoms with Crippen molar-refractivity contribution in [2.75, 3.05) is 5.32 Å². The second-order valence-electron chi connectivity index (χ2n) is 3.96. The zero-order valence-corrected chi connectivity index (χ0v) is 9.35. The lowest BCUT2D eigenvalue weighted by Gasteiger charge is -2.03. The molecule has 0 spiro atoms. The first-order valence-corrected chi connectivity index (χ1v) is 5.64. The van der Waals surface area contributed by atoms with Crippen LogP contribution in [0.15, 0.2) is 54.6 Å². The van der Waals surface area contributed by atoms with Gasteiger partial charge >= 0.3 is 0 Å². The molecule has 0 aliphatic heterocycles. The van der Waals surface area contributed by atoms with Gasteiger partial charge in [-0.15, -0.1) is 0 Å². The van der Waals surface area contributed by atoms with Crippen LogP contribution in [0.25, 0.3) is 10.9 Å². The third kappa shape index (κ3) is 1.99. The number of aromatic amines is 1. The Morgan fingerprint density at radius 3 is 2.59 bits per heavy atom. The van der Waals surface area contributed by atoms with Crippen molar-refractivity contribution in [2.24, 2.45) is 0 Å². The number of anilines is 1. The van der Waals surface area contributed by atoms with E-state index in [0.717, 1.165) is 23.3 Å². The van der Waals surface area contributed by atoms with E-state index in [-0.39, 0.29) is 0 Å². The van der Waals surface area contributed by atoms with Crippen molar-refractivity contribution in [3.05, 3.63) is 60.2 Å². The Kier molecular flexibility index (Phi) is 2.50. The number of nitrogens with one attached hydrogen (secondary N) is 2. The van der Waals surface area contributed by atoms with Gasteiger partial charge in [0, 0.05) is 11.9 Å². The number of para-hydroxylation sites is 1. The molecule has 0 aliphatic rings. The van der Waals surface area contributed by atoms with Crippen molar-refractivity contribution in [3.8, 4) is 0 Å². The zero-order valence-electron chi connectivity index (χ0n) is 9.35. The van der Waals surface area contributed by atoms with Crippen LogP contribution in [-0.2, 0) is 6.54 Å². The van der Waals surface area contributed by atoms with E-state index in [1.54, 1.807) is 0 Å². The first kappa shape index (κ1) is 9.90. The predicted molar refractivity (Wildman–Crippen MR) is 69.9 cm³/mol. The Morgan fingerprint density at radius 2 is 1.71 bits per heavy atom. The fourth-order valence-electron chi connectivity index (χ4n) is 1.88. The highest BCUT2D eigenvalue weighted by atomic mass is 15.2. The highest BCUT2D eigenvalue weighted by molar-refractivity contribution is 5.89. The summed E-state index contributed by atoms with van der Waals surface area (Å²) in [7, 11) is 0. The summed E-state index contributed by atoms with van der Waals surface area (Å²) in [6, 6.07) is 18.4. The smallest absolute Gasteiger partial charge is 0.155 e. The number of H-pyrrole nitrogens is 1. The van der Waals surface area contributed by atoms with Gasteiger partial charge in [0.2, 0.25) is 0 Å². The maximum Gasteiger partial charge on any atom is 0.155 e. The SMILES string of the molecule is c1ccc(CNc2n[nH]c3ccccc23)cc1. The summed E-state index contributed by atoms with van der Waals surface area (Å²) < 4.78 is 0. The maximum atomic E-state index is 4.27. The number of benzene rings is 2. The van der Waals surface area contributed by atoms with Gasteiger partial charge in [0.1, 0.15) is 0 Å². The van der Waals surface area contributed by atoms with E-state index in [1.807, 2.05) is 36.4 Å². The molecular weight excluding hydrogens is 210 g/mol. The third-order valence-electron chi connectivity index (χ3n) is 2.77. The molecule has 0 amide bonds. The van der Waals surface area contributed by atoms with E-state index >= 15 is 0 Å². The molecule has 0 radical (unpaired) electrons. The number of fused-ring (bicyclic) bond motifs is 1. The molecule has 0 aliphatic carbocycles. The first-order chi connectivity index (χ1) is 8.43. The molecule has 3 heteroatoms. The third-order valence-corrected chi connectivity index (χ3v) is 2.77. The van der Waals surface area contributed by atoms with Crippen molar-refractivity contribution < 1.29 is 0 Å². The second kappa shape index (κ2) is 4.29. The van der Waals surface area contributed by atoms with Crippen molar-refractivity contribution >= 4 is 16.7 Å². The summed E-state index contributed by atoms with van der Waals surface area (Å²) in [5.41, 5.74) is 2.31. The predicted octanol–water partition coefficient (Wildman–Crippen LogP) is 3.18.